The van der Waals surface area contributed by atoms with Crippen LogP contribution in [0.2, 0.25) is 0 Å². The lowest BCUT2D eigenvalue weighted by molar-refractivity contribution is -0.150. The molecule has 1 saturated carbocycles. The second-order valence-corrected chi connectivity index (χ2v) is 5.15. The van der Waals surface area contributed by atoms with Gasteiger partial charge in [-0.2, -0.15) is 0 Å². The number of hydrogen-bond acceptors (Lipinski definition) is 3. The third-order valence-corrected chi connectivity index (χ3v) is 3.88. The van der Waals surface area contributed by atoms with Crippen molar-refractivity contribution in [2.24, 2.45) is 11.7 Å². The average Bonchev–Trinajstić information content (AvgIpc) is 2.77. The summed E-state index contributed by atoms with van der Waals surface area (Å²) in [6.45, 7) is 0.585. The van der Waals surface area contributed by atoms with Crippen molar-refractivity contribution in [1.29, 1.82) is 0 Å². The summed E-state index contributed by atoms with van der Waals surface area (Å²) in [4.78, 5) is 24.9. The molecule has 2 rings (SSSR count). The zero-order chi connectivity index (χ0) is 12.4. The smallest absolute Gasteiger partial charge is 0.326 e. The molecule has 0 aromatic heterocycles. The third-order valence-electron chi connectivity index (χ3n) is 3.88. The van der Waals surface area contributed by atoms with Gasteiger partial charge in [0.1, 0.15) is 6.04 Å². The van der Waals surface area contributed by atoms with Gasteiger partial charge in [-0.1, -0.05) is 6.42 Å². The molecule has 2 unspecified atom stereocenters. The molecule has 0 aromatic carbocycles. The van der Waals surface area contributed by atoms with E-state index in [0.717, 1.165) is 25.7 Å². The first kappa shape index (κ1) is 12.4. The predicted octanol–water partition coefficient (Wildman–Crippen LogP) is 0.579. The van der Waals surface area contributed by atoms with Crippen LogP contribution in [0.4, 0.5) is 0 Å². The molecule has 1 aliphatic carbocycles. The van der Waals surface area contributed by atoms with Crippen LogP contribution in [-0.4, -0.2) is 40.5 Å². The number of carboxylic acids is 1. The van der Waals surface area contributed by atoms with Crippen molar-refractivity contribution in [2.75, 3.05) is 6.54 Å². The second-order valence-electron chi connectivity index (χ2n) is 5.15. The van der Waals surface area contributed by atoms with E-state index < -0.39 is 12.0 Å². The van der Waals surface area contributed by atoms with Crippen molar-refractivity contribution in [3.63, 3.8) is 0 Å². The molecule has 2 aliphatic rings. The monoisotopic (exact) mass is 240 g/mol. The second kappa shape index (κ2) is 5.04. The fourth-order valence-corrected chi connectivity index (χ4v) is 2.97. The van der Waals surface area contributed by atoms with E-state index in [1.54, 1.807) is 4.90 Å². The molecule has 2 fully saturated rings. The molecule has 3 N–H and O–H groups in total. The standard InChI is InChI=1S/C12H20N2O3/c13-9-4-1-3-8(7-9)11(15)14-6-2-5-10(14)12(16)17/h8-10H,1-7,13H2,(H,16,17)/t8?,9?,10-/m1/s1. The van der Waals surface area contributed by atoms with Crippen LogP contribution in [0.3, 0.4) is 0 Å². The summed E-state index contributed by atoms with van der Waals surface area (Å²) in [6.07, 6.45) is 4.90. The summed E-state index contributed by atoms with van der Waals surface area (Å²) in [5.74, 6) is -0.931. The van der Waals surface area contributed by atoms with E-state index in [0.29, 0.717) is 19.4 Å². The molecule has 1 amide bonds. The maximum absolute atomic E-state index is 12.3. The minimum absolute atomic E-state index is 0.00468. The van der Waals surface area contributed by atoms with Crippen molar-refractivity contribution in [3.8, 4) is 0 Å². The number of amides is 1. The van der Waals surface area contributed by atoms with E-state index in [2.05, 4.69) is 0 Å². The lowest BCUT2D eigenvalue weighted by Crippen LogP contribution is -2.45. The molecule has 3 atom stereocenters. The van der Waals surface area contributed by atoms with Gasteiger partial charge in [-0.25, -0.2) is 4.79 Å². The quantitative estimate of drug-likeness (QED) is 0.739. The number of nitrogens with two attached hydrogens (primary N) is 1. The van der Waals surface area contributed by atoms with Gasteiger partial charge in [-0.3, -0.25) is 4.79 Å². The van der Waals surface area contributed by atoms with E-state index in [4.69, 9.17) is 10.8 Å². The molecule has 17 heavy (non-hydrogen) atoms. The SMILES string of the molecule is NC1CCCC(C(=O)N2CCC[C@@H]2C(=O)O)C1. The molecule has 96 valence electrons. The number of carbonyl (C=O) groups excluding carboxylic acids is 1. The van der Waals surface area contributed by atoms with Crippen molar-refractivity contribution in [2.45, 2.75) is 50.6 Å². The van der Waals surface area contributed by atoms with Gasteiger partial charge in [-0.15, -0.1) is 0 Å². The van der Waals surface area contributed by atoms with Gasteiger partial charge in [0.2, 0.25) is 5.91 Å². The van der Waals surface area contributed by atoms with Gasteiger partial charge in [-0.05, 0) is 32.1 Å². The van der Waals surface area contributed by atoms with Crippen molar-refractivity contribution in [3.05, 3.63) is 0 Å². The number of likely N-dealkylation sites (tertiary alicyclic amines) is 1. The Morgan fingerprint density at radius 2 is 1.94 bits per heavy atom. The molecule has 0 bridgehead atoms. The number of aliphatic carboxylic acids is 1. The molecular weight excluding hydrogens is 220 g/mol. The summed E-state index contributed by atoms with van der Waals surface area (Å²) in [7, 11) is 0. The maximum Gasteiger partial charge on any atom is 0.326 e. The third kappa shape index (κ3) is 2.60. The first-order chi connectivity index (χ1) is 8.09. The zero-order valence-electron chi connectivity index (χ0n) is 9.97. The van der Waals surface area contributed by atoms with Crippen LogP contribution in [0.1, 0.15) is 38.5 Å². The number of nitrogens with zero attached hydrogens (tertiary/aromatic N) is 1. The fraction of sp³-hybridized carbons (Fsp3) is 0.833. The zero-order valence-corrected chi connectivity index (χ0v) is 9.97. The highest BCUT2D eigenvalue weighted by Gasteiger charge is 2.38. The Kier molecular flexibility index (Phi) is 3.66. The summed E-state index contributed by atoms with van der Waals surface area (Å²) >= 11 is 0. The Bertz CT molecular complexity index is 319. The highest BCUT2D eigenvalue weighted by atomic mass is 16.4. The van der Waals surface area contributed by atoms with E-state index in [9.17, 15) is 9.59 Å². The van der Waals surface area contributed by atoms with E-state index in [1.807, 2.05) is 0 Å². The lowest BCUT2D eigenvalue weighted by Gasteiger charge is -2.31. The minimum atomic E-state index is -0.879. The van der Waals surface area contributed by atoms with Gasteiger partial charge >= 0.3 is 5.97 Å². The van der Waals surface area contributed by atoms with Crippen LogP contribution in [0.15, 0.2) is 0 Å². The van der Waals surface area contributed by atoms with Crippen molar-refractivity contribution < 1.29 is 14.7 Å². The molecule has 1 heterocycles. The summed E-state index contributed by atoms with van der Waals surface area (Å²) < 4.78 is 0. The minimum Gasteiger partial charge on any atom is -0.480 e. The maximum atomic E-state index is 12.3. The molecule has 0 radical (unpaired) electrons. The Morgan fingerprint density at radius 1 is 1.18 bits per heavy atom. The molecule has 0 aromatic rings. The molecule has 5 nitrogen and oxygen atoms in total. The number of hydrogen-bond donors (Lipinski definition) is 2. The first-order valence-corrected chi connectivity index (χ1v) is 6.38. The average molecular weight is 240 g/mol. The molecular formula is C12H20N2O3. The Labute approximate surface area is 101 Å². The van der Waals surface area contributed by atoms with Gasteiger partial charge in [0.15, 0.2) is 0 Å². The predicted molar refractivity (Wildman–Crippen MR) is 62.3 cm³/mol. The van der Waals surface area contributed by atoms with Crippen LogP contribution in [0.25, 0.3) is 0 Å². The number of carbonyl (C=O) groups is 2. The fourth-order valence-electron chi connectivity index (χ4n) is 2.97. The Balaban J connectivity index is 2.01. The van der Waals surface area contributed by atoms with E-state index in [1.165, 1.54) is 0 Å². The summed E-state index contributed by atoms with van der Waals surface area (Å²) in [6, 6.07) is -0.510. The molecule has 5 heteroatoms. The summed E-state index contributed by atoms with van der Waals surface area (Å²) in [5, 5.41) is 9.06. The van der Waals surface area contributed by atoms with Gasteiger partial charge in [0, 0.05) is 18.5 Å². The van der Waals surface area contributed by atoms with E-state index in [-0.39, 0.29) is 17.9 Å². The molecule has 0 spiro atoms. The van der Waals surface area contributed by atoms with Crippen LogP contribution < -0.4 is 5.73 Å². The van der Waals surface area contributed by atoms with Gasteiger partial charge < -0.3 is 15.7 Å². The first-order valence-electron chi connectivity index (χ1n) is 6.38. The number of rotatable bonds is 2. The van der Waals surface area contributed by atoms with Gasteiger partial charge in [0.25, 0.3) is 0 Å². The van der Waals surface area contributed by atoms with Crippen molar-refractivity contribution in [1.82, 2.24) is 4.90 Å². The Hall–Kier alpha value is -1.10. The van der Waals surface area contributed by atoms with Crippen LogP contribution in [0, 0.1) is 5.92 Å². The Morgan fingerprint density at radius 3 is 2.59 bits per heavy atom. The van der Waals surface area contributed by atoms with Gasteiger partial charge in [0.05, 0.1) is 0 Å². The molecule has 1 aliphatic heterocycles. The van der Waals surface area contributed by atoms with E-state index >= 15 is 0 Å². The van der Waals surface area contributed by atoms with Crippen LogP contribution >= 0.6 is 0 Å². The number of carboxylic acid groups (broad SMARTS) is 1. The van der Waals surface area contributed by atoms with Crippen LogP contribution in [0.5, 0.6) is 0 Å². The largest absolute Gasteiger partial charge is 0.480 e. The highest BCUT2D eigenvalue weighted by Crippen LogP contribution is 2.28. The van der Waals surface area contributed by atoms with Crippen molar-refractivity contribution >= 4 is 11.9 Å². The topological polar surface area (TPSA) is 83.6 Å². The van der Waals surface area contributed by atoms with Crippen LogP contribution in [-0.2, 0) is 9.59 Å². The lowest BCUT2D eigenvalue weighted by atomic mass is 9.85. The summed E-state index contributed by atoms with van der Waals surface area (Å²) in [5.41, 5.74) is 5.87. The molecule has 1 saturated heterocycles. The normalized spacial score (nSPS) is 33.7. The highest BCUT2D eigenvalue weighted by molar-refractivity contribution is 5.85.